The van der Waals surface area contributed by atoms with Gasteiger partial charge in [0.2, 0.25) is 0 Å². The number of nitrogens with one attached hydrogen (secondary N) is 2. The maximum Gasteiger partial charge on any atom is 0.407 e. The quantitative estimate of drug-likeness (QED) is 0.358. The Morgan fingerprint density at radius 2 is 1.47 bits per heavy atom. The summed E-state index contributed by atoms with van der Waals surface area (Å²) in [6.07, 6.45) is -0.710. The van der Waals surface area contributed by atoms with Crippen LogP contribution in [0.5, 0.6) is 0 Å². The largest absolute Gasteiger partial charge is 0.467 e. The second-order valence-electron chi connectivity index (χ2n) is 8.13. The number of hydrogen-bond acceptors (Lipinski definition) is 6. The Kier molecular flexibility index (Phi) is 9.10. The van der Waals surface area contributed by atoms with E-state index in [9.17, 15) is 14.4 Å². The van der Waals surface area contributed by atoms with Crippen molar-refractivity contribution in [3.05, 3.63) is 65.2 Å². The predicted octanol–water partition coefficient (Wildman–Crippen LogP) is 2.47. The first-order chi connectivity index (χ1) is 16.1. The van der Waals surface area contributed by atoms with E-state index in [1.54, 1.807) is 57.2 Å². The standard InChI is InChI=1S/C26H27N3O5/c1-26(2,3)34-25(32)28-17-22(24(31)33-4)29-23(30)20-13-9-18(10-14-20)7-5-6-8-19-11-15-21(27)16-12-19/h9-16,22H,17,27H2,1-4H3,(H,28,32)(H,29,30)/t22-/m0/s1. The van der Waals surface area contributed by atoms with Gasteiger partial charge in [-0.05, 0) is 81.1 Å². The van der Waals surface area contributed by atoms with Crippen molar-refractivity contribution in [3.8, 4) is 23.7 Å². The van der Waals surface area contributed by atoms with Crippen LogP contribution >= 0.6 is 0 Å². The summed E-state index contributed by atoms with van der Waals surface area (Å²) in [7, 11) is 1.19. The lowest BCUT2D eigenvalue weighted by atomic mass is 10.1. The molecule has 0 spiro atoms. The van der Waals surface area contributed by atoms with E-state index in [0.717, 1.165) is 5.56 Å². The highest BCUT2D eigenvalue weighted by molar-refractivity contribution is 5.97. The summed E-state index contributed by atoms with van der Waals surface area (Å²) in [5, 5.41) is 4.99. The molecule has 0 bridgehead atoms. The topological polar surface area (TPSA) is 120 Å². The van der Waals surface area contributed by atoms with Gasteiger partial charge in [0.05, 0.1) is 13.7 Å². The van der Waals surface area contributed by atoms with Crippen LogP contribution in [0, 0.1) is 23.7 Å². The van der Waals surface area contributed by atoms with E-state index in [1.807, 2.05) is 12.1 Å². The van der Waals surface area contributed by atoms with Crippen LogP contribution in [0.25, 0.3) is 0 Å². The van der Waals surface area contributed by atoms with Crippen LogP contribution in [-0.2, 0) is 14.3 Å². The fourth-order valence-corrected chi connectivity index (χ4v) is 2.55. The number of nitrogen functional groups attached to an aromatic ring is 1. The predicted molar refractivity (Wildman–Crippen MR) is 129 cm³/mol. The maximum absolute atomic E-state index is 12.6. The zero-order chi connectivity index (χ0) is 25.1. The summed E-state index contributed by atoms with van der Waals surface area (Å²) in [4.78, 5) is 36.4. The summed E-state index contributed by atoms with van der Waals surface area (Å²) in [5.41, 5.74) is 7.39. The van der Waals surface area contributed by atoms with E-state index < -0.39 is 29.6 Å². The average molecular weight is 462 g/mol. The molecule has 0 saturated heterocycles. The monoisotopic (exact) mass is 461 g/mol. The van der Waals surface area contributed by atoms with Crippen molar-refractivity contribution in [3.63, 3.8) is 0 Å². The first kappa shape index (κ1) is 25.8. The summed E-state index contributed by atoms with van der Waals surface area (Å²) >= 11 is 0. The van der Waals surface area contributed by atoms with Crippen LogP contribution in [0.15, 0.2) is 48.5 Å². The van der Waals surface area contributed by atoms with Crippen LogP contribution in [0.2, 0.25) is 0 Å². The van der Waals surface area contributed by atoms with Gasteiger partial charge in [0.15, 0.2) is 0 Å². The molecule has 0 saturated carbocycles. The molecule has 1 atom stereocenters. The number of hydrogen-bond donors (Lipinski definition) is 3. The van der Waals surface area contributed by atoms with Gasteiger partial charge in [-0.2, -0.15) is 0 Å². The van der Waals surface area contributed by atoms with Gasteiger partial charge in [-0.1, -0.05) is 11.8 Å². The molecule has 0 aromatic heterocycles. The molecule has 0 aliphatic rings. The zero-order valence-electron chi connectivity index (χ0n) is 19.5. The number of rotatable bonds is 5. The molecule has 8 heteroatoms. The molecule has 0 unspecified atom stereocenters. The van der Waals surface area contributed by atoms with Crippen molar-refractivity contribution in [1.82, 2.24) is 10.6 Å². The summed E-state index contributed by atoms with van der Waals surface area (Å²) in [6, 6.07) is 12.5. The Morgan fingerprint density at radius 3 is 1.97 bits per heavy atom. The lowest BCUT2D eigenvalue weighted by molar-refractivity contribution is -0.142. The third-order valence-corrected chi connectivity index (χ3v) is 4.17. The number of methoxy groups -OCH3 is 1. The van der Waals surface area contributed by atoms with Crippen molar-refractivity contribution < 1.29 is 23.9 Å². The second kappa shape index (κ2) is 12.0. The molecular formula is C26H27N3O5. The number of amides is 2. The molecule has 0 fully saturated rings. The number of benzene rings is 2. The van der Waals surface area contributed by atoms with Crippen molar-refractivity contribution >= 4 is 23.7 Å². The molecule has 0 radical (unpaired) electrons. The SMILES string of the molecule is COC(=O)[C@H](CNC(=O)OC(C)(C)C)NC(=O)c1ccc(C#CC#Cc2ccc(N)cc2)cc1. The number of ether oxygens (including phenoxy) is 2. The molecule has 0 aliphatic carbocycles. The van der Waals surface area contributed by atoms with Crippen molar-refractivity contribution in [2.24, 2.45) is 0 Å². The molecule has 8 nitrogen and oxygen atoms in total. The van der Waals surface area contributed by atoms with Gasteiger partial charge in [0.25, 0.3) is 5.91 Å². The third-order valence-electron chi connectivity index (χ3n) is 4.17. The molecule has 176 valence electrons. The van der Waals surface area contributed by atoms with E-state index in [1.165, 1.54) is 7.11 Å². The number of alkyl carbamates (subject to hydrolysis) is 1. The lowest BCUT2D eigenvalue weighted by Gasteiger charge is -2.21. The smallest absolute Gasteiger partial charge is 0.407 e. The van der Waals surface area contributed by atoms with E-state index in [0.29, 0.717) is 16.8 Å². The summed E-state index contributed by atoms with van der Waals surface area (Å²) < 4.78 is 9.84. The highest BCUT2D eigenvalue weighted by atomic mass is 16.6. The summed E-state index contributed by atoms with van der Waals surface area (Å²) in [6.45, 7) is 4.95. The molecule has 4 N–H and O–H groups in total. The molecule has 2 aromatic rings. The molecule has 0 aliphatic heterocycles. The molecule has 2 aromatic carbocycles. The average Bonchev–Trinajstić information content (AvgIpc) is 2.79. The van der Waals surface area contributed by atoms with E-state index in [-0.39, 0.29) is 6.54 Å². The van der Waals surface area contributed by atoms with E-state index in [4.69, 9.17) is 15.2 Å². The van der Waals surface area contributed by atoms with Gasteiger partial charge in [0.1, 0.15) is 11.6 Å². The van der Waals surface area contributed by atoms with Gasteiger partial charge in [-0.25, -0.2) is 9.59 Å². The van der Waals surface area contributed by atoms with Crippen LogP contribution in [-0.4, -0.2) is 43.3 Å². The number of anilines is 1. The van der Waals surface area contributed by atoms with Crippen molar-refractivity contribution in [2.75, 3.05) is 19.4 Å². The van der Waals surface area contributed by atoms with Gasteiger partial charge < -0.3 is 25.8 Å². The normalized spacial score (nSPS) is 10.9. The Balaban J connectivity index is 1.98. The van der Waals surface area contributed by atoms with Crippen LogP contribution in [0.1, 0.15) is 42.3 Å². The fourth-order valence-electron chi connectivity index (χ4n) is 2.55. The minimum atomic E-state index is -1.09. The first-order valence-electron chi connectivity index (χ1n) is 10.4. The zero-order valence-corrected chi connectivity index (χ0v) is 19.5. The van der Waals surface area contributed by atoms with Gasteiger partial charge in [0, 0.05) is 22.4 Å². The van der Waals surface area contributed by atoms with Gasteiger partial charge >= 0.3 is 12.1 Å². The number of esters is 1. The Hall–Kier alpha value is -4.43. The first-order valence-corrected chi connectivity index (χ1v) is 10.4. The molecule has 2 rings (SSSR count). The summed E-state index contributed by atoms with van der Waals surface area (Å²) in [5.74, 6) is 10.1. The maximum atomic E-state index is 12.6. The van der Waals surface area contributed by atoms with Crippen LogP contribution in [0.3, 0.4) is 0 Å². The van der Waals surface area contributed by atoms with E-state index >= 15 is 0 Å². The third kappa shape index (κ3) is 8.97. The second-order valence-corrected chi connectivity index (χ2v) is 8.13. The minimum Gasteiger partial charge on any atom is -0.467 e. The van der Waals surface area contributed by atoms with Crippen LogP contribution in [0.4, 0.5) is 10.5 Å². The number of nitrogens with two attached hydrogens (primary N) is 1. The fraction of sp³-hybridized carbons (Fsp3) is 0.269. The van der Waals surface area contributed by atoms with Crippen LogP contribution < -0.4 is 16.4 Å². The Labute approximate surface area is 199 Å². The minimum absolute atomic E-state index is 0.191. The Bertz CT molecular complexity index is 1140. The molecule has 0 heterocycles. The lowest BCUT2D eigenvalue weighted by Crippen LogP contribution is -2.49. The Morgan fingerprint density at radius 1 is 0.941 bits per heavy atom. The molecular weight excluding hydrogens is 434 g/mol. The van der Waals surface area contributed by atoms with Crippen molar-refractivity contribution in [1.29, 1.82) is 0 Å². The molecule has 2 amide bonds. The van der Waals surface area contributed by atoms with E-state index in [2.05, 4.69) is 34.3 Å². The highest BCUT2D eigenvalue weighted by Gasteiger charge is 2.24. The number of carbonyl (C=O) groups is 3. The number of carbonyl (C=O) groups excluding carboxylic acids is 3. The van der Waals surface area contributed by atoms with Gasteiger partial charge in [-0.3, -0.25) is 4.79 Å². The highest BCUT2D eigenvalue weighted by Crippen LogP contribution is 2.07. The molecule has 34 heavy (non-hydrogen) atoms. The van der Waals surface area contributed by atoms with Crippen molar-refractivity contribution in [2.45, 2.75) is 32.4 Å². The van der Waals surface area contributed by atoms with Gasteiger partial charge in [-0.15, -0.1) is 0 Å².